The fourth-order valence-electron chi connectivity index (χ4n) is 2.41. The molecule has 0 aromatic heterocycles. The molecule has 106 valence electrons. The Morgan fingerprint density at radius 3 is 2.50 bits per heavy atom. The topological polar surface area (TPSA) is 41.6 Å². The molecule has 1 saturated heterocycles. The fourth-order valence-corrected chi connectivity index (χ4v) is 2.41. The van der Waals surface area contributed by atoms with Crippen molar-refractivity contribution in [3.8, 4) is 0 Å². The molecule has 1 heterocycles. The van der Waals surface area contributed by atoms with Gasteiger partial charge >= 0.3 is 5.97 Å². The Kier molecular flexibility index (Phi) is 6.65. The lowest BCUT2D eigenvalue weighted by Gasteiger charge is -2.31. The van der Waals surface area contributed by atoms with E-state index >= 15 is 0 Å². The summed E-state index contributed by atoms with van der Waals surface area (Å²) in [6, 6.07) is 0.129. The molecule has 1 aliphatic rings. The molecule has 1 atom stereocenters. The van der Waals surface area contributed by atoms with Gasteiger partial charge in [0.25, 0.3) is 0 Å². The molecule has 0 saturated carbocycles. The molecule has 1 rings (SSSR count). The third kappa shape index (κ3) is 5.36. The first kappa shape index (κ1) is 15.4. The van der Waals surface area contributed by atoms with Gasteiger partial charge in [0.2, 0.25) is 0 Å². The van der Waals surface area contributed by atoms with Crippen LogP contribution in [0.2, 0.25) is 0 Å². The third-order valence-electron chi connectivity index (χ3n) is 3.63. The number of rotatable bonds is 6. The molecule has 0 aromatic rings. The molecular weight excluding hydrogens is 228 g/mol. The highest BCUT2D eigenvalue weighted by molar-refractivity contribution is 5.75. The van der Waals surface area contributed by atoms with Crippen LogP contribution < -0.4 is 5.32 Å². The van der Waals surface area contributed by atoms with Gasteiger partial charge in [-0.1, -0.05) is 20.8 Å². The van der Waals surface area contributed by atoms with E-state index in [0.717, 1.165) is 32.0 Å². The summed E-state index contributed by atoms with van der Waals surface area (Å²) >= 11 is 0. The molecule has 0 spiro atoms. The van der Waals surface area contributed by atoms with Crippen LogP contribution in [-0.2, 0) is 9.53 Å². The number of piperidine rings is 1. The molecule has 4 nitrogen and oxygen atoms in total. The van der Waals surface area contributed by atoms with Crippen LogP contribution in [0.5, 0.6) is 0 Å². The van der Waals surface area contributed by atoms with Crippen LogP contribution in [0, 0.1) is 5.92 Å². The van der Waals surface area contributed by atoms with Crippen molar-refractivity contribution in [1.29, 1.82) is 0 Å². The monoisotopic (exact) mass is 256 g/mol. The van der Waals surface area contributed by atoms with Gasteiger partial charge < -0.3 is 15.0 Å². The van der Waals surface area contributed by atoms with Gasteiger partial charge in [-0.05, 0) is 38.3 Å². The van der Waals surface area contributed by atoms with E-state index in [2.05, 4.69) is 31.0 Å². The summed E-state index contributed by atoms with van der Waals surface area (Å²) in [6.45, 7) is 9.73. The zero-order valence-electron chi connectivity index (χ0n) is 12.2. The summed E-state index contributed by atoms with van der Waals surface area (Å²) in [6.07, 6.45) is 3.39. The second-order valence-corrected chi connectivity index (χ2v) is 5.71. The molecule has 18 heavy (non-hydrogen) atoms. The minimum atomic E-state index is -0.172. The van der Waals surface area contributed by atoms with E-state index in [1.54, 1.807) is 0 Å². The van der Waals surface area contributed by atoms with Crippen LogP contribution >= 0.6 is 0 Å². The molecule has 0 aromatic carbocycles. The van der Waals surface area contributed by atoms with Gasteiger partial charge in [-0.3, -0.25) is 4.79 Å². The highest BCUT2D eigenvalue weighted by atomic mass is 16.5. The summed E-state index contributed by atoms with van der Waals surface area (Å²) in [5.74, 6) is 0.709. The Balaban J connectivity index is 2.34. The van der Waals surface area contributed by atoms with E-state index in [4.69, 9.17) is 4.74 Å². The van der Waals surface area contributed by atoms with E-state index in [9.17, 15) is 4.79 Å². The summed E-state index contributed by atoms with van der Waals surface area (Å²) in [7, 11) is 1.46. The number of methoxy groups -OCH3 is 1. The van der Waals surface area contributed by atoms with Gasteiger partial charge in [0.1, 0.15) is 6.04 Å². The van der Waals surface area contributed by atoms with Crippen LogP contribution in [0.4, 0.5) is 0 Å². The number of carbonyl (C=O) groups excluding carboxylic acids is 1. The number of nitrogens with zero attached hydrogens (tertiary/aromatic N) is 1. The van der Waals surface area contributed by atoms with E-state index in [1.807, 2.05) is 0 Å². The van der Waals surface area contributed by atoms with Gasteiger partial charge in [-0.15, -0.1) is 0 Å². The maximum Gasteiger partial charge on any atom is 0.322 e. The molecule has 0 aliphatic carbocycles. The lowest BCUT2D eigenvalue weighted by molar-refractivity contribution is -0.143. The molecule has 1 N–H and O–H groups in total. The van der Waals surface area contributed by atoms with Gasteiger partial charge in [0, 0.05) is 12.6 Å². The first-order chi connectivity index (χ1) is 8.52. The predicted molar refractivity (Wildman–Crippen MR) is 73.5 cm³/mol. The molecule has 0 bridgehead atoms. The van der Waals surface area contributed by atoms with Crippen molar-refractivity contribution in [2.45, 2.75) is 52.1 Å². The average molecular weight is 256 g/mol. The Morgan fingerprint density at radius 2 is 2.00 bits per heavy atom. The van der Waals surface area contributed by atoms with Crippen molar-refractivity contribution in [1.82, 2.24) is 10.2 Å². The number of ether oxygens (including phenoxy) is 1. The van der Waals surface area contributed by atoms with E-state index in [-0.39, 0.29) is 12.0 Å². The second-order valence-electron chi connectivity index (χ2n) is 5.71. The van der Waals surface area contributed by atoms with Gasteiger partial charge in [-0.25, -0.2) is 0 Å². The molecule has 0 amide bonds. The quantitative estimate of drug-likeness (QED) is 0.734. The molecular formula is C14H28N2O2. The second kappa shape index (κ2) is 7.74. The summed E-state index contributed by atoms with van der Waals surface area (Å²) in [5.41, 5.74) is 0. The number of esters is 1. The standard InChI is InChI=1S/C14H28N2O2/c1-11(2)15-13(14(17)18-4)7-10-16-8-5-12(3)6-9-16/h11-13,15H,5-10H2,1-4H3. The van der Waals surface area contributed by atoms with E-state index < -0.39 is 0 Å². The summed E-state index contributed by atoms with van der Waals surface area (Å²) < 4.78 is 4.85. The largest absolute Gasteiger partial charge is 0.468 e. The van der Waals surface area contributed by atoms with Crippen LogP contribution in [0.25, 0.3) is 0 Å². The molecule has 1 fully saturated rings. The minimum Gasteiger partial charge on any atom is -0.468 e. The molecule has 1 aliphatic heterocycles. The number of likely N-dealkylation sites (tertiary alicyclic amines) is 1. The van der Waals surface area contributed by atoms with Gasteiger partial charge in [0.05, 0.1) is 7.11 Å². The number of carbonyl (C=O) groups is 1. The Hall–Kier alpha value is -0.610. The number of hydrogen-bond donors (Lipinski definition) is 1. The van der Waals surface area contributed by atoms with Crippen molar-refractivity contribution in [2.24, 2.45) is 5.92 Å². The van der Waals surface area contributed by atoms with Crippen molar-refractivity contribution in [3.63, 3.8) is 0 Å². The van der Waals surface area contributed by atoms with Crippen LogP contribution in [-0.4, -0.2) is 49.7 Å². The SMILES string of the molecule is COC(=O)C(CCN1CCC(C)CC1)NC(C)C. The normalized spacial score (nSPS) is 20.1. The molecule has 0 radical (unpaired) electrons. The summed E-state index contributed by atoms with van der Waals surface area (Å²) in [5, 5.41) is 3.28. The lowest BCUT2D eigenvalue weighted by Crippen LogP contribution is -2.44. The molecule has 1 unspecified atom stereocenters. The van der Waals surface area contributed by atoms with E-state index in [1.165, 1.54) is 20.0 Å². The van der Waals surface area contributed by atoms with Crippen molar-refractivity contribution < 1.29 is 9.53 Å². The first-order valence-corrected chi connectivity index (χ1v) is 7.09. The zero-order valence-corrected chi connectivity index (χ0v) is 12.2. The zero-order chi connectivity index (χ0) is 13.5. The number of nitrogens with one attached hydrogen (secondary N) is 1. The Labute approximate surface area is 111 Å². The smallest absolute Gasteiger partial charge is 0.322 e. The van der Waals surface area contributed by atoms with Crippen molar-refractivity contribution >= 4 is 5.97 Å². The first-order valence-electron chi connectivity index (χ1n) is 7.09. The van der Waals surface area contributed by atoms with Crippen molar-refractivity contribution in [2.75, 3.05) is 26.7 Å². The maximum atomic E-state index is 11.7. The Morgan fingerprint density at radius 1 is 1.39 bits per heavy atom. The fraction of sp³-hybridized carbons (Fsp3) is 0.929. The van der Waals surface area contributed by atoms with Gasteiger partial charge in [-0.2, -0.15) is 0 Å². The third-order valence-corrected chi connectivity index (χ3v) is 3.63. The maximum absolute atomic E-state index is 11.7. The highest BCUT2D eigenvalue weighted by Crippen LogP contribution is 2.16. The highest BCUT2D eigenvalue weighted by Gasteiger charge is 2.22. The van der Waals surface area contributed by atoms with Crippen LogP contribution in [0.1, 0.15) is 40.0 Å². The van der Waals surface area contributed by atoms with Crippen LogP contribution in [0.3, 0.4) is 0 Å². The summed E-state index contributed by atoms with van der Waals surface area (Å²) in [4.78, 5) is 14.1. The average Bonchev–Trinajstić information content (AvgIpc) is 2.35. The van der Waals surface area contributed by atoms with E-state index in [0.29, 0.717) is 6.04 Å². The van der Waals surface area contributed by atoms with Crippen LogP contribution in [0.15, 0.2) is 0 Å². The van der Waals surface area contributed by atoms with Crippen molar-refractivity contribution in [3.05, 3.63) is 0 Å². The Bertz CT molecular complexity index is 248. The van der Waals surface area contributed by atoms with Gasteiger partial charge in [0.15, 0.2) is 0 Å². The predicted octanol–water partition coefficient (Wildman–Crippen LogP) is 1.65. The minimum absolute atomic E-state index is 0.144. The number of hydrogen-bond acceptors (Lipinski definition) is 4. The lowest BCUT2D eigenvalue weighted by atomic mass is 9.99. The molecule has 4 heteroatoms.